The second-order valence-electron chi connectivity index (χ2n) is 8.95. The van der Waals surface area contributed by atoms with Gasteiger partial charge >= 0.3 is 6.18 Å². The summed E-state index contributed by atoms with van der Waals surface area (Å²) in [5.74, 6) is 0.505. The minimum absolute atomic E-state index is 0.0830. The summed E-state index contributed by atoms with van der Waals surface area (Å²) in [6.45, 7) is 2.47. The molecule has 4 nitrogen and oxygen atoms in total. The van der Waals surface area contributed by atoms with E-state index in [9.17, 15) is 23.1 Å². The predicted molar refractivity (Wildman–Crippen MR) is 109 cm³/mol. The Labute approximate surface area is 175 Å². The van der Waals surface area contributed by atoms with E-state index < -0.39 is 18.1 Å². The van der Waals surface area contributed by atoms with E-state index in [2.05, 4.69) is 0 Å². The van der Waals surface area contributed by atoms with Crippen LogP contribution in [-0.2, 0) is 4.79 Å². The molecule has 1 spiro atoms. The number of benzene rings is 1. The number of alkyl halides is 3. The molecule has 4 rings (SSSR count). The summed E-state index contributed by atoms with van der Waals surface area (Å²) in [5.41, 5.74) is 1.55. The van der Waals surface area contributed by atoms with E-state index in [1.807, 2.05) is 43.3 Å². The Kier molecular flexibility index (Phi) is 5.70. The second-order valence-corrected chi connectivity index (χ2v) is 8.95. The van der Waals surface area contributed by atoms with Crippen molar-refractivity contribution >= 4 is 12.0 Å². The molecule has 1 aromatic rings. The summed E-state index contributed by atoms with van der Waals surface area (Å²) in [6.07, 6.45) is 1.52. The van der Waals surface area contributed by atoms with Crippen LogP contribution in [0.15, 0.2) is 30.3 Å². The van der Waals surface area contributed by atoms with E-state index in [1.165, 1.54) is 0 Å². The summed E-state index contributed by atoms with van der Waals surface area (Å²) < 4.78 is 38.7. The van der Waals surface area contributed by atoms with Gasteiger partial charge in [-0.05, 0) is 36.8 Å². The van der Waals surface area contributed by atoms with Crippen LogP contribution in [0.2, 0.25) is 0 Å². The van der Waals surface area contributed by atoms with Gasteiger partial charge in [-0.2, -0.15) is 13.2 Å². The van der Waals surface area contributed by atoms with Crippen LogP contribution in [0.5, 0.6) is 0 Å². The highest BCUT2D eigenvalue weighted by molar-refractivity contribution is 5.78. The molecule has 0 bridgehead atoms. The van der Waals surface area contributed by atoms with E-state index in [1.54, 1.807) is 9.80 Å². The molecule has 3 aliphatic rings. The Morgan fingerprint density at radius 2 is 1.90 bits per heavy atom. The maximum Gasteiger partial charge on any atom is 0.390 e. The lowest BCUT2D eigenvalue weighted by Crippen LogP contribution is -2.85. The van der Waals surface area contributed by atoms with Crippen LogP contribution >= 0.6 is 0 Å². The van der Waals surface area contributed by atoms with Crippen molar-refractivity contribution in [2.45, 2.75) is 56.3 Å². The zero-order chi connectivity index (χ0) is 21.5. The standard InChI is InChI=1S/C23H29F3N2O2/c1-2-3-16-6-8-18(9-7-16)21-19(13-29)28(11-10-23(24,25)26)22(21)14-27(15-22)20(30)12-17-4-5-17/h2-3,6-9,17,19,21,29H,4-5,10-15H2,1H3/b3-2+/t19-,21-/m1/s1. The van der Waals surface area contributed by atoms with Crippen molar-refractivity contribution in [2.75, 3.05) is 26.2 Å². The van der Waals surface area contributed by atoms with Crippen LogP contribution in [0.1, 0.15) is 49.7 Å². The van der Waals surface area contributed by atoms with Crippen molar-refractivity contribution in [2.24, 2.45) is 5.92 Å². The lowest BCUT2D eigenvalue weighted by molar-refractivity contribution is -0.210. The van der Waals surface area contributed by atoms with Gasteiger partial charge in [0.15, 0.2) is 0 Å². The molecular weight excluding hydrogens is 393 g/mol. The number of carbonyl (C=O) groups excluding carboxylic acids is 1. The van der Waals surface area contributed by atoms with Gasteiger partial charge in [-0.3, -0.25) is 9.69 Å². The minimum atomic E-state index is -4.24. The number of aliphatic hydroxyl groups is 1. The van der Waals surface area contributed by atoms with E-state index in [-0.39, 0.29) is 31.0 Å². The molecule has 0 radical (unpaired) electrons. The lowest BCUT2D eigenvalue weighted by Gasteiger charge is -2.71. The number of allylic oxidation sites excluding steroid dienone is 1. The first-order valence-corrected chi connectivity index (χ1v) is 10.7. The van der Waals surface area contributed by atoms with Crippen LogP contribution < -0.4 is 0 Å². The molecule has 1 amide bonds. The van der Waals surface area contributed by atoms with Gasteiger partial charge in [-0.1, -0.05) is 36.4 Å². The number of halogens is 3. The van der Waals surface area contributed by atoms with Gasteiger partial charge in [-0.15, -0.1) is 0 Å². The van der Waals surface area contributed by atoms with Crippen molar-refractivity contribution in [3.05, 3.63) is 41.5 Å². The van der Waals surface area contributed by atoms with E-state index in [0.29, 0.717) is 25.4 Å². The van der Waals surface area contributed by atoms with Crippen LogP contribution in [0.4, 0.5) is 13.2 Å². The number of carbonyl (C=O) groups is 1. The SMILES string of the molecule is C/C=C/c1ccc([C@@H]2[C@@H](CO)N(CCC(F)(F)F)C23CN(C(=O)CC2CC2)C3)cc1. The molecule has 164 valence electrons. The fourth-order valence-corrected chi connectivity index (χ4v) is 5.21. The Hall–Kier alpha value is -1.86. The maximum absolute atomic E-state index is 12.9. The molecule has 2 aliphatic heterocycles. The summed E-state index contributed by atoms with van der Waals surface area (Å²) in [6, 6.07) is 7.62. The molecule has 30 heavy (non-hydrogen) atoms. The Balaban J connectivity index is 1.54. The number of rotatable bonds is 7. The van der Waals surface area contributed by atoms with Crippen molar-refractivity contribution in [1.29, 1.82) is 0 Å². The zero-order valence-corrected chi connectivity index (χ0v) is 17.2. The Bertz CT molecular complexity index is 796. The molecule has 0 unspecified atom stereocenters. The van der Waals surface area contributed by atoms with Gasteiger partial charge in [0, 0.05) is 38.0 Å². The fourth-order valence-electron chi connectivity index (χ4n) is 5.21. The third kappa shape index (κ3) is 4.02. The molecule has 7 heteroatoms. The summed E-state index contributed by atoms with van der Waals surface area (Å²) in [5, 5.41) is 10.00. The third-order valence-electron chi connectivity index (χ3n) is 6.86. The summed E-state index contributed by atoms with van der Waals surface area (Å²) >= 11 is 0. The monoisotopic (exact) mass is 422 g/mol. The van der Waals surface area contributed by atoms with E-state index in [0.717, 1.165) is 24.0 Å². The zero-order valence-electron chi connectivity index (χ0n) is 17.2. The summed E-state index contributed by atoms with van der Waals surface area (Å²) in [7, 11) is 0. The third-order valence-corrected chi connectivity index (χ3v) is 6.86. The molecule has 2 atom stereocenters. The molecule has 1 N–H and O–H groups in total. The number of likely N-dealkylation sites (tertiary alicyclic amines) is 2. The number of nitrogens with zero attached hydrogens (tertiary/aromatic N) is 2. The molecule has 1 aliphatic carbocycles. The van der Waals surface area contributed by atoms with Crippen molar-refractivity contribution in [1.82, 2.24) is 9.80 Å². The largest absolute Gasteiger partial charge is 0.395 e. The first-order chi connectivity index (χ1) is 14.3. The first kappa shape index (κ1) is 21.4. The number of hydrogen-bond acceptors (Lipinski definition) is 3. The molecular formula is C23H29F3N2O2. The van der Waals surface area contributed by atoms with Crippen LogP contribution in [0, 0.1) is 5.92 Å². The molecule has 1 aromatic carbocycles. The van der Waals surface area contributed by atoms with Gasteiger partial charge in [-0.25, -0.2) is 0 Å². The number of hydrogen-bond donors (Lipinski definition) is 1. The quantitative estimate of drug-likeness (QED) is 0.727. The van der Waals surface area contributed by atoms with Gasteiger partial charge in [0.1, 0.15) is 0 Å². The lowest BCUT2D eigenvalue weighted by atomic mass is 9.60. The second kappa shape index (κ2) is 8.00. The van der Waals surface area contributed by atoms with E-state index in [4.69, 9.17) is 0 Å². The molecule has 2 heterocycles. The highest BCUT2D eigenvalue weighted by Gasteiger charge is 2.66. The predicted octanol–water partition coefficient (Wildman–Crippen LogP) is 3.81. The van der Waals surface area contributed by atoms with Crippen LogP contribution in [0.3, 0.4) is 0 Å². The van der Waals surface area contributed by atoms with Crippen molar-refractivity contribution in [3.8, 4) is 0 Å². The smallest absolute Gasteiger partial charge is 0.390 e. The summed E-state index contributed by atoms with van der Waals surface area (Å²) in [4.78, 5) is 16.1. The molecule has 1 saturated carbocycles. The van der Waals surface area contributed by atoms with Crippen molar-refractivity contribution in [3.63, 3.8) is 0 Å². The van der Waals surface area contributed by atoms with Crippen molar-refractivity contribution < 1.29 is 23.1 Å². The highest BCUT2D eigenvalue weighted by atomic mass is 19.4. The average Bonchev–Trinajstić information content (AvgIpc) is 3.44. The highest BCUT2D eigenvalue weighted by Crippen LogP contribution is 2.54. The van der Waals surface area contributed by atoms with Gasteiger partial charge in [0.2, 0.25) is 5.91 Å². The maximum atomic E-state index is 12.9. The molecule has 3 fully saturated rings. The van der Waals surface area contributed by atoms with Crippen LogP contribution in [-0.4, -0.2) is 64.8 Å². The van der Waals surface area contributed by atoms with Gasteiger partial charge in [0.05, 0.1) is 18.6 Å². The number of aliphatic hydroxyl groups excluding tert-OH is 1. The Morgan fingerprint density at radius 3 is 2.43 bits per heavy atom. The topological polar surface area (TPSA) is 43.8 Å². The van der Waals surface area contributed by atoms with Gasteiger partial charge < -0.3 is 10.0 Å². The van der Waals surface area contributed by atoms with Gasteiger partial charge in [0.25, 0.3) is 0 Å². The molecule has 2 saturated heterocycles. The Morgan fingerprint density at radius 1 is 1.23 bits per heavy atom. The van der Waals surface area contributed by atoms with E-state index >= 15 is 0 Å². The molecule has 0 aromatic heterocycles. The number of amides is 1. The first-order valence-electron chi connectivity index (χ1n) is 10.7. The minimum Gasteiger partial charge on any atom is -0.395 e. The normalized spacial score (nSPS) is 26.1. The average molecular weight is 422 g/mol. The fraction of sp³-hybridized carbons (Fsp3) is 0.609. The van der Waals surface area contributed by atoms with Crippen LogP contribution in [0.25, 0.3) is 6.08 Å².